The molecule has 4 aromatic rings. The SMILES string of the molecule is O=c1c2ccc(Cl)cc2[nH]c2c(O)nn(-c3ccc(Br)cc3)c(=O)c12. The number of hydrogen-bond acceptors (Lipinski definition) is 4. The van der Waals surface area contributed by atoms with E-state index in [9.17, 15) is 14.7 Å². The molecule has 0 aliphatic carbocycles. The van der Waals surface area contributed by atoms with Crippen LogP contribution in [0.5, 0.6) is 5.88 Å². The third kappa shape index (κ3) is 2.52. The van der Waals surface area contributed by atoms with E-state index in [1.807, 2.05) is 0 Å². The molecule has 0 bridgehead atoms. The van der Waals surface area contributed by atoms with Crippen molar-refractivity contribution in [2.75, 3.05) is 0 Å². The topological polar surface area (TPSA) is 88.0 Å². The molecule has 124 valence electrons. The van der Waals surface area contributed by atoms with Crippen molar-refractivity contribution in [1.29, 1.82) is 0 Å². The van der Waals surface area contributed by atoms with Crippen LogP contribution in [0.2, 0.25) is 5.02 Å². The van der Waals surface area contributed by atoms with Gasteiger partial charge in [0.2, 0.25) is 5.43 Å². The maximum Gasteiger partial charge on any atom is 0.285 e. The fraction of sp³-hybridized carbons (Fsp3) is 0. The van der Waals surface area contributed by atoms with Crippen LogP contribution in [0.15, 0.2) is 56.5 Å². The highest BCUT2D eigenvalue weighted by atomic mass is 79.9. The van der Waals surface area contributed by atoms with Gasteiger partial charge >= 0.3 is 0 Å². The third-order valence-corrected chi connectivity index (χ3v) is 4.62. The average Bonchev–Trinajstić information content (AvgIpc) is 2.58. The van der Waals surface area contributed by atoms with Gasteiger partial charge in [-0.3, -0.25) is 9.59 Å². The lowest BCUT2D eigenvalue weighted by molar-refractivity contribution is 0.443. The maximum atomic E-state index is 12.8. The minimum atomic E-state index is -0.617. The van der Waals surface area contributed by atoms with Gasteiger partial charge in [-0.05, 0) is 42.5 Å². The van der Waals surface area contributed by atoms with E-state index in [1.54, 1.807) is 36.4 Å². The highest BCUT2D eigenvalue weighted by Crippen LogP contribution is 2.22. The Labute approximate surface area is 153 Å². The van der Waals surface area contributed by atoms with Crippen LogP contribution in [0.25, 0.3) is 27.5 Å². The van der Waals surface area contributed by atoms with Gasteiger partial charge in [-0.2, -0.15) is 4.68 Å². The van der Waals surface area contributed by atoms with Crippen molar-refractivity contribution in [3.8, 4) is 11.6 Å². The molecule has 0 unspecified atom stereocenters. The van der Waals surface area contributed by atoms with Crippen molar-refractivity contribution < 1.29 is 5.11 Å². The Morgan fingerprint density at radius 3 is 2.56 bits per heavy atom. The Morgan fingerprint density at radius 2 is 1.84 bits per heavy atom. The lowest BCUT2D eigenvalue weighted by Crippen LogP contribution is -2.26. The van der Waals surface area contributed by atoms with Gasteiger partial charge < -0.3 is 10.1 Å². The fourth-order valence-corrected chi connectivity index (χ4v) is 3.12. The number of nitrogens with one attached hydrogen (secondary N) is 1. The summed E-state index contributed by atoms with van der Waals surface area (Å²) in [4.78, 5) is 28.5. The molecule has 25 heavy (non-hydrogen) atoms. The van der Waals surface area contributed by atoms with E-state index in [4.69, 9.17) is 11.6 Å². The van der Waals surface area contributed by atoms with Crippen LogP contribution < -0.4 is 11.0 Å². The number of rotatable bonds is 1. The van der Waals surface area contributed by atoms with E-state index in [0.717, 1.165) is 9.15 Å². The number of benzene rings is 2. The van der Waals surface area contributed by atoms with Crippen molar-refractivity contribution in [1.82, 2.24) is 14.8 Å². The summed E-state index contributed by atoms with van der Waals surface area (Å²) in [5.41, 5.74) is -0.274. The minimum absolute atomic E-state index is 0.0156. The lowest BCUT2D eigenvalue weighted by Gasteiger charge is -2.09. The smallest absolute Gasteiger partial charge is 0.285 e. The molecule has 2 heterocycles. The first-order chi connectivity index (χ1) is 12.0. The van der Waals surface area contributed by atoms with Gasteiger partial charge in [0.15, 0.2) is 0 Å². The molecule has 0 radical (unpaired) electrons. The van der Waals surface area contributed by atoms with E-state index >= 15 is 0 Å². The van der Waals surface area contributed by atoms with E-state index in [2.05, 4.69) is 26.0 Å². The second-order valence-electron chi connectivity index (χ2n) is 5.41. The highest BCUT2D eigenvalue weighted by Gasteiger charge is 2.17. The number of aromatic amines is 1. The Hall–Kier alpha value is -2.64. The number of aromatic hydroxyl groups is 1. The Morgan fingerprint density at radius 1 is 1.12 bits per heavy atom. The standard InChI is InChI=1S/C17H9BrClN3O3/c18-8-1-4-10(5-2-8)22-17(25)13-14(16(24)21-22)20-12-7-9(19)3-6-11(12)15(13)23/h1-7H,(H,20,23)(H,21,24). The number of hydrogen-bond donors (Lipinski definition) is 2. The summed E-state index contributed by atoms with van der Waals surface area (Å²) in [7, 11) is 0. The van der Waals surface area contributed by atoms with Gasteiger partial charge in [0, 0.05) is 14.9 Å². The van der Waals surface area contributed by atoms with Crippen LogP contribution in [0.4, 0.5) is 0 Å². The monoisotopic (exact) mass is 417 g/mol. The molecule has 0 saturated carbocycles. The van der Waals surface area contributed by atoms with E-state index in [0.29, 0.717) is 21.6 Å². The average molecular weight is 419 g/mol. The predicted octanol–water partition coefficient (Wildman–Crippen LogP) is 3.35. The molecule has 0 spiro atoms. The minimum Gasteiger partial charge on any atom is -0.491 e. The molecule has 0 aliphatic rings. The van der Waals surface area contributed by atoms with Gasteiger partial charge in [0.1, 0.15) is 10.9 Å². The van der Waals surface area contributed by atoms with E-state index in [1.165, 1.54) is 6.07 Å². The molecule has 2 aromatic heterocycles. The predicted molar refractivity (Wildman–Crippen MR) is 99.8 cm³/mol. The van der Waals surface area contributed by atoms with Crippen LogP contribution in [-0.4, -0.2) is 19.9 Å². The van der Waals surface area contributed by atoms with Crippen LogP contribution in [0.1, 0.15) is 0 Å². The molecule has 0 atom stereocenters. The van der Waals surface area contributed by atoms with Crippen LogP contribution >= 0.6 is 27.5 Å². The number of aromatic nitrogens is 3. The van der Waals surface area contributed by atoms with E-state index in [-0.39, 0.29) is 10.9 Å². The quantitative estimate of drug-likeness (QED) is 0.464. The summed E-state index contributed by atoms with van der Waals surface area (Å²) in [5.74, 6) is -0.448. The zero-order chi connectivity index (χ0) is 17.7. The zero-order valence-corrected chi connectivity index (χ0v) is 14.8. The lowest BCUT2D eigenvalue weighted by atomic mass is 10.1. The van der Waals surface area contributed by atoms with Gasteiger partial charge in [-0.25, -0.2) is 0 Å². The molecule has 4 rings (SSSR count). The Balaban J connectivity index is 2.15. The van der Waals surface area contributed by atoms with E-state index < -0.39 is 16.9 Å². The van der Waals surface area contributed by atoms with Crippen molar-refractivity contribution >= 4 is 49.3 Å². The summed E-state index contributed by atoms with van der Waals surface area (Å²) >= 11 is 9.25. The Bertz CT molecular complexity index is 1260. The molecule has 0 saturated heterocycles. The first-order valence-electron chi connectivity index (χ1n) is 7.19. The number of fused-ring (bicyclic) bond motifs is 2. The van der Waals surface area contributed by atoms with Crippen molar-refractivity contribution in [3.05, 3.63) is 72.5 Å². The fourth-order valence-electron chi connectivity index (χ4n) is 2.69. The third-order valence-electron chi connectivity index (χ3n) is 3.86. The zero-order valence-electron chi connectivity index (χ0n) is 12.5. The number of H-pyrrole nitrogens is 1. The molecular weight excluding hydrogens is 410 g/mol. The summed E-state index contributed by atoms with van der Waals surface area (Å²) in [6.45, 7) is 0. The number of nitrogens with zero attached hydrogens (tertiary/aromatic N) is 2. The first-order valence-corrected chi connectivity index (χ1v) is 8.36. The molecule has 2 N–H and O–H groups in total. The summed E-state index contributed by atoms with van der Waals surface area (Å²) < 4.78 is 1.83. The number of pyridine rings is 1. The van der Waals surface area contributed by atoms with Gasteiger partial charge in [-0.1, -0.05) is 27.5 Å². The van der Waals surface area contributed by atoms with Crippen molar-refractivity contribution in [2.24, 2.45) is 0 Å². The summed E-state index contributed by atoms with van der Waals surface area (Å²) in [5, 5.41) is 14.7. The molecule has 6 nitrogen and oxygen atoms in total. The van der Waals surface area contributed by atoms with Crippen LogP contribution in [0, 0.1) is 0 Å². The van der Waals surface area contributed by atoms with Gasteiger partial charge in [0.25, 0.3) is 11.4 Å². The molecule has 0 amide bonds. The summed E-state index contributed by atoms with van der Waals surface area (Å²) in [6.07, 6.45) is 0. The van der Waals surface area contributed by atoms with Crippen LogP contribution in [-0.2, 0) is 0 Å². The normalized spacial score (nSPS) is 11.3. The highest BCUT2D eigenvalue weighted by molar-refractivity contribution is 9.10. The second kappa shape index (κ2) is 5.72. The van der Waals surface area contributed by atoms with Gasteiger partial charge in [0.05, 0.1) is 11.2 Å². The molecule has 2 aromatic carbocycles. The molecular formula is C17H9BrClN3O3. The van der Waals surface area contributed by atoms with Crippen LogP contribution in [0.3, 0.4) is 0 Å². The molecule has 8 heteroatoms. The molecule has 0 aliphatic heterocycles. The van der Waals surface area contributed by atoms with Crippen molar-refractivity contribution in [2.45, 2.75) is 0 Å². The van der Waals surface area contributed by atoms with Crippen molar-refractivity contribution in [3.63, 3.8) is 0 Å². The number of halogens is 2. The Kier molecular flexibility index (Phi) is 3.63. The summed E-state index contributed by atoms with van der Waals surface area (Å²) in [6, 6.07) is 11.4. The second-order valence-corrected chi connectivity index (χ2v) is 6.76. The van der Waals surface area contributed by atoms with Gasteiger partial charge in [-0.15, -0.1) is 5.10 Å². The first kappa shape index (κ1) is 15.9. The molecule has 0 fully saturated rings. The largest absolute Gasteiger partial charge is 0.491 e. The maximum absolute atomic E-state index is 12.8.